The molecule has 2 rings (SSSR count). The zero-order chi connectivity index (χ0) is 14.5. The van der Waals surface area contributed by atoms with Gasteiger partial charge in [0.05, 0.1) is 23.7 Å². The van der Waals surface area contributed by atoms with Crippen LogP contribution in [0.2, 0.25) is 0 Å². The summed E-state index contributed by atoms with van der Waals surface area (Å²) in [6.45, 7) is 1.61. The molecule has 0 spiro atoms. The van der Waals surface area contributed by atoms with Crippen LogP contribution in [0.3, 0.4) is 0 Å². The van der Waals surface area contributed by atoms with E-state index in [1.807, 2.05) is 0 Å². The number of benzene rings is 1. The molecule has 1 aromatic rings. The first-order valence-corrected chi connectivity index (χ1v) is 6.91. The van der Waals surface area contributed by atoms with Crippen molar-refractivity contribution in [2.24, 2.45) is 0 Å². The number of rotatable bonds is 5. The van der Waals surface area contributed by atoms with E-state index in [1.165, 1.54) is 18.6 Å². The molecule has 2 N–H and O–H groups in total. The Morgan fingerprint density at radius 2 is 1.80 bits per heavy atom. The number of aliphatic hydroxyl groups is 2. The summed E-state index contributed by atoms with van der Waals surface area (Å²) in [5, 5.41) is 30.5. The average Bonchev–Trinajstić information content (AvgIpc) is 2.49. The fourth-order valence-electron chi connectivity index (χ4n) is 2.68. The first-order chi connectivity index (χ1) is 9.63. The molecule has 1 heterocycles. The Kier molecular flexibility index (Phi) is 5.05. The summed E-state index contributed by atoms with van der Waals surface area (Å²) in [6, 6.07) is 5.51. The zero-order valence-electron chi connectivity index (χ0n) is 11.3. The molecule has 1 saturated heterocycles. The van der Waals surface area contributed by atoms with E-state index in [1.54, 1.807) is 12.1 Å². The van der Waals surface area contributed by atoms with Crippen LogP contribution in [0.25, 0.3) is 0 Å². The van der Waals surface area contributed by atoms with Gasteiger partial charge in [-0.25, -0.2) is 0 Å². The smallest absolute Gasteiger partial charge is 0.269 e. The van der Waals surface area contributed by atoms with Gasteiger partial charge < -0.3 is 10.2 Å². The molecule has 0 amide bonds. The van der Waals surface area contributed by atoms with Crippen molar-refractivity contribution >= 4 is 5.69 Å². The van der Waals surface area contributed by atoms with E-state index in [4.69, 9.17) is 0 Å². The normalized spacial score (nSPS) is 19.5. The Bertz CT molecular complexity index is 443. The van der Waals surface area contributed by atoms with Gasteiger partial charge >= 0.3 is 0 Å². The summed E-state index contributed by atoms with van der Waals surface area (Å²) in [7, 11) is 0. The lowest BCUT2D eigenvalue weighted by atomic mass is 9.99. The van der Waals surface area contributed by atoms with Gasteiger partial charge in [-0.05, 0) is 43.6 Å². The number of non-ortho nitro benzene ring substituents is 1. The second-order valence-electron chi connectivity index (χ2n) is 5.14. The summed E-state index contributed by atoms with van der Waals surface area (Å²) in [5.41, 5.74) is 0.597. The highest BCUT2D eigenvalue weighted by atomic mass is 16.6. The molecular formula is C14H20N2O4. The topological polar surface area (TPSA) is 86.8 Å². The summed E-state index contributed by atoms with van der Waals surface area (Å²) < 4.78 is 0. The molecule has 2 atom stereocenters. The van der Waals surface area contributed by atoms with Gasteiger partial charge in [-0.3, -0.25) is 15.0 Å². The molecule has 6 heteroatoms. The van der Waals surface area contributed by atoms with Crippen LogP contribution in [0.1, 0.15) is 30.9 Å². The molecule has 6 nitrogen and oxygen atoms in total. The molecular weight excluding hydrogens is 260 g/mol. The zero-order valence-corrected chi connectivity index (χ0v) is 11.3. The Morgan fingerprint density at radius 3 is 2.30 bits per heavy atom. The number of piperidine rings is 1. The first-order valence-electron chi connectivity index (χ1n) is 6.91. The summed E-state index contributed by atoms with van der Waals surface area (Å²) in [4.78, 5) is 12.2. The monoisotopic (exact) mass is 280 g/mol. The van der Waals surface area contributed by atoms with Gasteiger partial charge in [0.25, 0.3) is 5.69 Å². The van der Waals surface area contributed by atoms with Crippen molar-refractivity contribution in [1.82, 2.24) is 4.90 Å². The Labute approximate surface area is 117 Å². The second-order valence-corrected chi connectivity index (χ2v) is 5.14. The number of hydrogen-bond acceptors (Lipinski definition) is 5. The second kappa shape index (κ2) is 6.78. The summed E-state index contributed by atoms with van der Waals surface area (Å²) in [6.07, 6.45) is 2.49. The predicted octanol–water partition coefficient (Wildman–Crippen LogP) is 1.47. The number of likely N-dealkylation sites (tertiary alicyclic amines) is 1. The van der Waals surface area contributed by atoms with Crippen molar-refractivity contribution in [3.63, 3.8) is 0 Å². The summed E-state index contributed by atoms with van der Waals surface area (Å²) in [5.74, 6) is 0. The fraction of sp³-hybridized carbons (Fsp3) is 0.571. The van der Waals surface area contributed by atoms with Gasteiger partial charge in [-0.15, -0.1) is 0 Å². The number of nitro benzene ring substituents is 1. The van der Waals surface area contributed by atoms with Crippen molar-refractivity contribution in [3.05, 3.63) is 39.9 Å². The van der Waals surface area contributed by atoms with Crippen molar-refractivity contribution in [3.8, 4) is 0 Å². The van der Waals surface area contributed by atoms with E-state index in [9.17, 15) is 20.3 Å². The van der Waals surface area contributed by atoms with Crippen molar-refractivity contribution in [1.29, 1.82) is 0 Å². The summed E-state index contributed by atoms with van der Waals surface area (Å²) >= 11 is 0. The first kappa shape index (κ1) is 14.9. The highest BCUT2D eigenvalue weighted by Gasteiger charge is 2.27. The predicted molar refractivity (Wildman–Crippen MR) is 74.4 cm³/mol. The molecule has 1 aliphatic rings. The molecule has 110 valence electrons. The van der Waals surface area contributed by atoms with Crippen LogP contribution >= 0.6 is 0 Å². The van der Waals surface area contributed by atoms with Gasteiger partial charge in [0.2, 0.25) is 0 Å². The lowest BCUT2D eigenvalue weighted by Gasteiger charge is -2.36. The maximum Gasteiger partial charge on any atom is 0.269 e. The van der Waals surface area contributed by atoms with Gasteiger partial charge in [0.15, 0.2) is 0 Å². The van der Waals surface area contributed by atoms with Crippen LogP contribution in [-0.4, -0.2) is 45.8 Å². The van der Waals surface area contributed by atoms with E-state index in [0.717, 1.165) is 25.9 Å². The van der Waals surface area contributed by atoms with E-state index < -0.39 is 11.0 Å². The van der Waals surface area contributed by atoms with Crippen LogP contribution < -0.4 is 0 Å². The van der Waals surface area contributed by atoms with E-state index >= 15 is 0 Å². The van der Waals surface area contributed by atoms with Gasteiger partial charge in [0, 0.05) is 12.1 Å². The Morgan fingerprint density at radius 1 is 1.20 bits per heavy atom. The Hall–Kier alpha value is -1.50. The third-order valence-corrected chi connectivity index (χ3v) is 3.86. The molecule has 1 fully saturated rings. The Balaban J connectivity index is 2.10. The molecule has 0 radical (unpaired) electrons. The van der Waals surface area contributed by atoms with Crippen LogP contribution in [0.5, 0.6) is 0 Å². The van der Waals surface area contributed by atoms with Gasteiger partial charge in [0.1, 0.15) is 0 Å². The van der Waals surface area contributed by atoms with Crippen LogP contribution in [0.4, 0.5) is 5.69 Å². The minimum absolute atomic E-state index is 0.000490. The van der Waals surface area contributed by atoms with Crippen molar-refractivity contribution < 1.29 is 15.1 Å². The molecule has 0 aromatic heterocycles. The van der Waals surface area contributed by atoms with Crippen molar-refractivity contribution in [2.45, 2.75) is 31.4 Å². The molecule has 0 saturated carbocycles. The highest BCUT2D eigenvalue weighted by Crippen LogP contribution is 2.25. The van der Waals surface area contributed by atoms with Gasteiger partial charge in [-0.1, -0.05) is 6.42 Å². The van der Waals surface area contributed by atoms with Crippen LogP contribution in [0.15, 0.2) is 24.3 Å². The lowest BCUT2D eigenvalue weighted by molar-refractivity contribution is -0.384. The lowest BCUT2D eigenvalue weighted by Crippen LogP contribution is -2.45. The maximum atomic E-state index is 10.6. The maximum absolute atomic E-state index is 10.6. The third kappa shape index (κ3) is 3.33. The van der Waals surface area contributed by atoms with E-state index in [2.05, 4.69) is 4.90 Å². The molecule has 1 aromatic carbocycles. The largest absolute Gasteiger partial charge is 0.395 e. The molecule has 0 aliphatic carbocycles. The number of hydrogen-bond donors (Lipinski definition) is 2. The minimum Gasteiger partial charge on any atom is -0.395 e. The highest BCUT2D eigenvalue weighted by molar-refractivity contribution is 5.34. The average molecular weight is 280 g/mol. The number of nitrogens with zero attached hydrogens (tertiary/aromatic N) is 2. The standard InChI is InChI=1S/C14H20N2O4/c17-10-13(15-8-2-1-3-9-15)14(18)11-4-6-12(7-5-11)16(19)20/h4-7,13-14,17-18H,1-3,8-10H2. The van der Waals surface area contributed by atoms with Crippen LogP contribution in [0, 0.1) is 10.1 Å². The van der Waals surface area contributed by atoms with Gasteiger partial charge in [-0.2, -0.15) is 0 Å². The van der Waals surface area contributed by atoms with E-state index in [0.29, 0.717) is 5.56 Å². The molecule has 2 unspecified atom stereocenters. The minimum atomic E-state index is -0.834. The van der Waals surface area contributed by atoms with Crippen LogP contribution in [-0.2, 0) is 0 Å². The SMILES string of the molecule is O=[N+]([O-])c1ccc(C(O)C(CO)N2CCCCC2)cc1. The fourth-order valence-corrected chi connectivity index (χ4v) is 2.68. The molecule has 1 aliphatic heterocycles. The van der Waals surface area contributed by atoms with Crippen molar-refractivity contribution in [2.75, 3.05) is 19.7 Å². The number of nitro groups is 1. The third-order valence-electron chi connectivity index (χ3n) is 3.86. The molecule has 0 bridgehead atoms. The molecule has 20 heavy (non-hydrogen) atoms. The number of aliphatic hydroxyl groups excluding tert-OH is 2. The van der Waals surface area contributed by atoms with E-state index in [-0.39, 0.29) is 18.3 Å². The quantitative estimate of drug-likeness (QED) is 0.630.